The number of rotatable bonds is 1. The molecule has 0 unspecified atom stereocenters. The molecule has 6 heteroatoms. The van der Waals surface area contributed by atoms with Crippen molar-refractivity contribution < 1.29 is 9.59 Å². The first kappa shape index (κ1) is 12.5. The monoisotopic (exact) mass is 263 g/mol. The lowest BCUT2D eigenvalue weighted by Gasteiger charge is -2.31. The molecule has 0 bridgehead atoms. The molecule has 0 spiro atoms. The van der Waals surface area contributed by atoms with E-state index in [4.69, 9.17) is 12.2 Å². The normalized spacial score (nSPS) is 16.6. The molecule has 94 valence electrons. The Hall–Kier alpha value is -1.95. The Bertz CT molecular complexity index is 548. The van der Waals surface area contributed by atoms with Crippen molar-refractivity contribution in [1.82, 2.24) is 14.4 Å². The van der Waals surface area contributed by atoms with Gasteiger partial charge in [-0.15, -0.1) is 0 Å². The number of amides is 2. The van der Waals surface area contributed by atoms with E-state index in [9.17, 15) is 9.59 Å². The van der Waals surface area contributed by atoms with Crippen LogP contribution in [0.2, 0.25) is 0 Å². The van der Waals surface area contributed by atoms with Crippen molar-refractivity contribution in [3.05, 3.63) is 29.6 Å². The van der Waals surface area contributed by atoms with Crippen LogP contribution in [0.4, 0.5) is 0 Å². The maximum absolute atomic E-state index is 12.0. The summed E-state index contributed by atoms with van der Waals surface area (Å²) in [5.41, 5.74) is 0.914. The van der Waals surface area contributed by atoms with Gasteiger partial charge in [0.15, 0.2) is 5.11 Å². The highest BCUT2D eigenvalue weighted by Crippen LogP contribution is 2.17. The lowest BCUT2D eigenvalue weighted by Crippen LogP contribution is -2.52. The van der Waals surface area contributed by atoms with Gasteiger partial charge in [0.1, 0.15) is 5.57 Å². The smallest absolute Gasteiger partial charge is 0.265 e. The van der Waals surface area contributed by atoms with E-state index in [0.717, 1.165) is 5.69 Å². The average Bonchev–Trinajstić information content (AvgIpc) is 2.75. The van der Waals surface area contributed by atoms with Gasteiger partial charge in [-0.3, -0.25) is 19.4 Å². The topological polar surface area (TPSA) is 45.6 Å². The number of thiocarbonyl (C=S) groups is 1. The van der Waals surface area contributed by atoms with E-state index in [1.165, 1.54) is 9.80 Å². The third-order valence-electron chi connectivity index (χ3n) is 2.92. The third kappa shape index (κ3) is 1.84. The molecule has 2 amide bonds. The van der Waals surface area contributed by atoms with E-state index in [1.54, 1.807) is 20.2 Å². The summed E-state index contributed by atoms with van der Waals surface area (Å²) in [5.74, 6) is -0.742. The SMILES string of the molecule is CN1C(=O)C(=Cc2cccn2C)C(=O)N(C)C1=S. The van der Waals surface area contributed by atoms with E-state index in [0.29, 0.717) is 0 Å². The second-order valence-corrected chi connectivity index (χ2v) is 4.48. The predicted molar refractivity (Wildman–Crippen MR) is 71.5 cm³/mol. The Morgan fingerprint density at radius 2 is 1.67 bits per heavy atom. The van der Waals surface area contributed by atoms with Crippen LogP contribution in [0.3, 0.4) is 0 Å². The summed E-state index contributed by atoms with van der Waals surface area (Å²) >= 11 is 5.01. The molecule has 1 saturated heterocycles. The van der Waals surface area contributed by atoms with Crippen molar-refractivity contribution in [3.63, 3.8) is 0 Å². The zero-order valence-corrected chi connectivity index (χ0v) is 11.2. The zero-order chi connectivity index (χ0) is 13.4. The fourth-order valence-electron chi connectivity index (χ4n) is 1.75. The molecular weight excluding hydrogens is 250 g/mol. The first-order valence-electron chi connectivity index (χ1n) is 5.36. The summed E-state index contributed by atoms with van der Waals surface area (Å²) in [5, 5.41) is 0.217. The highest BCUT2D eigenvalue weighted by Gasteiger charge is 2.35. The molecule has 2 heterocycles. The molecule has 1 aliphatic heterocycles. The van der Waals surface area contributed by atoms with E-state index >= 15 is 0 Å². The summed E-state index contributed by atoms with van der Waals surface area (Å²) in [4.78, 5) is 26.7. The first-order valence-corrected chi connectivity index (χ1v) is 5.77. The van der Waals surface area contributed by atoms with Gasteiger partial charge in [-0.25, -0.2) is 0 Å². The van der Waals surface area contributed by atoms with Crippen LogP contribution < -0.4 is 0 Å². The summed E-state index contributed by atoms with van der Waals surface area (Å²) in [7, 11) is 4.97. The van der Waals surface area contributed by atoms with Crippen LogP contribution in [0.15, 0.2) is 23.9 Å². The minimum Gasteiger partial charge on any atom is -0.351 e. The van der Waals surface area contributed by atoms with Crippen LogP contribution in [0.1, 0.15) is 5.69 Å². The van der Waals surface area contributed by atoms with E-state index in [-0.39, 0.29) is 22.5 Å². The minimum atomic E-state index is -0.371. The van der Waals surface area contributed by atoms with Crippen molar-refractivity contribution in [3.8, 4) is 0 Å². The number of aryl methyl sites for hydroxylation is 1. The van der Waals surface area contributed by atoms with Gasteiger partial charge in [0.05, 0.1) is 0 Å². The Kier molecular flexibility index (Phi) is 3.04. The number of carbonyl (C=O) groups is 2. The number of nitrogens with zero attached hydrogens (tertiary/aromatic N) is 3. The molecule has 0 aromatic carbocycles. The summed E-state index contributed by atoms with van der Waals surface area (Å²) in [6.07, 6.45) is 3.43. The maximum Gasteiger partial charge on any atom is 0.265 e. The van der Waals surface area contributed by atoms with Crippen LogP contribution in [-0.4, -0.2) is 45.4 Å². The van der Waals surface area contributed by atoms with Gasteiger partial charge < -0.3 is 4.57 Å². The summed E-state index contributed by atoms with van der Waals surface area (Å²) in [6, 6.07) is 3.68. The highest BCUT2D eigenvalue weighted by molar-refractivity contribution is 7.80. The summed E-state index contributed by atoms with van der Waals surface area (Å²) in [6.45, 7) is 0. The maximum atomic E-state index is 12.0. The molecule has 0 N–H and O–H groups in total. The first-order chi connectivity index (χ1) is 8.43. The molecular formula is C12H13N3O2S. The average molecular weight is 263 g/mol. The minimum absolute atomic E-state index is 0.121. The van der Waals surface area contributed by atoms with E-state index < -0.39 is 0 Å². The molecule has 0 saturated carbocycles. The molecule has 0 atom stereocenters. The highest BCUT2D eigenvalue weighted by atomic mass is 32.1. The molecule has 1 aromatic heterocycles. The van der Waals surface area contributed by atoms with Crippen LogP contribution in [-0.2, 0) is 16.6 Å². The fourth-order valence-corrected chi connectivity index (χ4v) is 1.91. The van der Waals surface area contributed by atoms with Crippen LogP contribution in [0, 0.1) is 0 Å². The Labute approximate surface area is 110 Å². The van der Waals surface area contributed by atoms with E-state index in [2.05, 4.69) is 0 Å². The van der Waals surface area contributed by atoms with Gasteiger partial charge >= 0.3 is 0 Å². The van der Waals surface area contributed by atoms with Crippen molar-refractivity contribution in [2.24, 2.45) is 7.05 Å². The van der Waals surface area contributed by atoms with Gasteiger partial charge in [-0.2, -0.15) is 0 Å². The molecule has 0 aliphatic carbocycles. The Balaban J connectivity index is 2.47. The van der Waals surface area contributed by atoms with Gasteiger partial charge in [0.2, 0.25) is 0 Å². The molecule has 1 aliphatic rings. The van der Waals surface area contributed by atoms with Crippen LogP contribution in [0.25, 0.3) is 6.08 Å². The van der Waals surface area contributed by atoms with Gasteiger partial charge in [0, 0.05) is 33.0 Å². The largest absolute Gasteiger partial charge is 0.351 e. The summed E-state index contributed by atoms with van der Waals surface area (Å²) < 4.78 is 1.83. The van der Waals surface area contributed by atoms with Gasteiger partial charge in [0.25, 0.3) is 11.8 Å². The number of aromatic nitrogens is 1. The van der Waals surface area contributed by atoms with Crippen molar-refractivity contribution >= 4 is 35.2 Å². The van der Waals surface area contributed by atoms with Crippen molar-refractivity contribution in [1.29, 1.82) is 0 Å². The van der Waals surface area contributed by atoms with Crippen LogP contribution in [0.5, 0.6) is 0 Å². The standard InChI is InChI=1S/C12H13N3O2S/c1-13-6-4-5-8(13)7-9-10(16)14(2)12(18)15(3)11(9)17/h4-7H,1-3H3. The van der Waals surface area contributed by atoms with Gasteiger partial charge in [-0.1, -0.05) is 0 Å². The molecule has 5 nitrogen and oxygen atoms in total. The molecule has 0 radical (unpaired) electrons. The number of hydrogen-bond acceptors (Lipinski definition) is 3. The number of carbonyl (C=O) groups excluding carboxylic acids is 2. The molecule has 1 fully saturated rings. The fraction of sp³-hybridized carbons (Fsp3) is 0.250. The number of likely N-dealkylation sites (N-methyl/N-ethyl adjacent to an activating group) is 2. The van der Waals surface area contributed by atoms with E-state index in [1.807, 2.05) is 29.9 Å². The lowest BCUT2D eigenvalue weighted by molar-refractivity contribution is -0.132. The van der Waals surface area contributed by atoms with Crippen molar-refractivity contribution in [2.45, 2.75) is 0 Å². The quantitative estimate of drug-likeness (QED) is 0.424. The zero-order valence-electron chi connectivity index (χ0n) is 10.4. The second kappa shape index (κ2) is 4.38. The van der Waals surface area contributed by atoms with Gasteiger partial charge in [-0.05, 0) is 30.4 Å². The lowest BCUT2D eigenvalue weighted by atomic mass is 10.1. The van der Waals surface area contributed by atoms with Crippen LogP contribution >= 0.6 is 12.2 Å². The molecule has 1 aromatic rings. The Morgan fingerprint density at radius 3 is 2.11 bits per heavy atom. The predicted octanol–water partition coefficient (Wildman–Crippen LogP) is 0.624. The second-order valence-electron chi connectivity index (χ2n) is 4.11. The molecule has 18 heavy (non-hydrogen) atoms. The molecule has 2 rings (SSSR count). The number of hydrogen-bond donors (Lipinski definition) is 0. The third-order valence-corrected chi connectivity index (χ3v) is 3.47. The Morgan fingerprint density at radius 1 is 1.11 bits per heavy atom. The van der Waals surface area contributed by atoms with Crippen molar-refractivity contribution in [2.75, 3.05) is 14.1 Å².